The number of methoxy groups -OCH3 is 1. The fourth-order valence-electron chi connectivity index (χ4n) is 1.64. The molecule has 2 rings (SSSR count). The van der Waals surface area contributed by atoms with Crippen molar-refractivity contribution in [1.82, 2.24) is 0 Å². The van der Waals surface area contributed by atoms with E-state index in [0.29, 0.717) is 0 Å². The van der Waals surface area contributed by atoms with E-state index in [2.05, 4.69) is 4.74 Å². The molecular formula is C11H10FNO6. The van der Waals surface area contributed by atoms with E-state index in [4.69, 9.17) is 9.47 Å². The molecule has 0 fully saturated rings. The van der Waals surface area contributed by atoms with Gasteiger partial charge in [0.1, 0.15) is 12.7 Å². The van der Waals surface area contributed by atoms with Crippen LogP contribution in [0.15, 0.2) is 12.1 Å². The van der Waals surface area contributed by atoms with Gasteiger partial charge in [-0.2, -0.15) is 4.39 Å². The predicted molar refractivity (Wildman–Crippen MR) is 59.6 cm³/mol. The minimum Gasteiger partial charge on any atom is -0.486 e. The van der Waals surface area contributed by atoms with Gasteiger partial charge in [-0.3, -0.25) is 14.9 Å². The molecule has 0 spiro atoms. The molecule has 0 saturated heterocycles. The van der Waals surface area contributed by atoms with Crippen molar-refractivity contribution in [2.24, 2.45) is 0 Å². The van der Waals surface area contributed by atoms with Crippen molar-refractivity contribution in [3.05, 3.63) is 28.1 Å². The molecule has 0 saturated carbocycles. The molecule has 0 amide bonds. The second-order valence-electron chi connectivity index (χ2n) is 3.84. The molecule has 1 aromatic rings. The Morgan fingerprint density at radius 3 is 2.95 bits per heavy atom. The van der Waals surface area contributed by atoms with Crippen LogP contribution in [-0.4, -0.2) is 30.7 Å². The van der Waals surface area contributed by atoms with Gasteiger partial charge < -0.3 is 14.2 Å². The van der Waals surface area contributed by atoms with E-state index in [0.717, 1.165) is 12.1 Å². The van der Waals surface area contributed by atoms with Crippen LogP contribution in [0.1, 0.15) is 6.42 Å². The summed E-state index contributed by atoms with van der Waals surface area (Å²) in [6.07, 6.45) is -0.675. The number of benzene rings is 1. The summed E-state index contributed by atoms with van der Waals surface area (Å²) in [7, 11) is 1.24. The Labute approximate surface area is 107 Å². The summed E-state index contributed by atoms with van der Waals surface area (Å²) < 4.78 is 28.4. The van der Waals surface area contributed by atoms with E-state index >= 15 is 0 Å². The molecule has 19 heavy (non-hydrogen) atoms. The van der Waals surface area contributed by atoms with Crippen LogP contribution in [0, 0.1) is 15.9 Å². The lowest BCUT2D eigenvalue weighted by molar-refractivity contribution is -0.387. The molecule has 7 nitrogen and oxygen atoms in total. The van der Waals surface area contributed by atoms with Crippen LogP contribution in [0.4, 0.5) is 10.1 Å². The van der Waals surface area contributed by atoms with E-state index in [-0.39, 0.29) is 24.5 Å². The van der Waals surface area contributed by atoms with Gasteiger partial charge in [0.2, 0.25) is 5.82 Å². The van der Waals surface area contributed by atoms with Crippen molar-refractivity contribution in [3.63, 3.8) is 0 Å². The molecule has 1 unspecified atom stereocenters. The van der Waals surface area contributed by atoms with Crippen LogP contribution in [0.5, 0.6) is 11.5 Å². The van der Waals surface area contributed by atoms with Crippen molar-refractivity contribution in [2.75, 3.05) is 13.7 Å². The van der Waals surface area contributed by atoms with Gasteiger partial charge in [-0.1, -0.05) is 0 Å². The number of hydrogen-bond donors (Lipinski definition) is 0. The first-order chi connectivity index (χ1) is 9.01. The van der Waals surface area contributed by atoms with Gasteiger partial charge >= 0.3 is 11.7 Å². The highest BCUT2D eigenvalue weighted by atomic mass is 19.1. The van der Waals surface area contributed by atoms with Gasteiger partial charge in [0.05, 0.1) is 24.5 Å². The second-order valence-corrected chi connectivity index (χ2v) is 3.84. The minimum atomic E-state index is -1.00. The number of nitrogens with zero attached hydrogens (tertiary/aromatic N) is 1. The summed E-state index contributed by atoms with van der Waals surface area (Å²) in [6, 6.07) is 1.83. The molecule has 0 N–H and O–H groups in total. The highest BCUT2D eigenvalue weighted by Gasteiger charge is 2.28. The van der Waals surface area contributed by atoms with E-state index in [1.165, 1.54) is 7.11 Å². The number of nitro groups is 1. The van der Waals surface area contributed by atoms with Crippen LogP contribution in [0.2, 0.25) is 0 Å². The molecule has 0 aliphatic carbocycles. The highest BCUT2D eigenvalue weighted by Crippen LogP contribution is 2.37. The third kappa shape index (κ3) is 2.72. The number of fused-ring (bicyclic) bond motifs is 1. The minimum absolute atomic E-state index is 0.0354. The van der Waals surface area contributed by atoms with Crippen molar-refractivity contribution in [2.45, 2.75) is 12.5 Å². The Morgan fingerprint density at radius 1 is 1.58 bits per heavy atom. The zero-order valence-corrected chi connectivity index (χ0v) is 9.92. The molecule has 102 valence electrons. The number of ether oxygens (including phenoxy) is 3. The standard InChI is InChI=1S/C11H10FNO6/c1-17-11(14)2-6-5-18-9-3-7(12)8(13(15)16)4-10(9)19-6/h3-4,6H,2,5H2,1H3. The number of nitro benzene ring substituents is 1. The Morgan fingerprint density at radius 2 is 2.32 bits per heavy atom. The molecule has 1 aromatic carbocycles. The van der Waals surface area contributed by atoms with Gasteiger partial charge in [-0.25, -0.2) is 0 Å². The number of esters is 1. The molecule has 1 aliphatic rings. The first-order valence-electron chi connectivity index (χ1n) is 5.35. The number of hydrogen-bond acceptors (Lipinski definition) is 6. The smallest absolute Gasteiger partial charge is 0.309 e. The number of carbonyl (C=O) groups excluding carboxylic acids is 1. The average molecular weight is 271 g/mol. The first kappa shape index (κ1) is 13.1. The molecule has 0 bridgehead atoms. The van der Waals surface area contributed by atoms with Crippen molar-refractivity contribution in [1.29, 1.82) is 0 Å². The molecular weight excluding hydrogens is 261 g/mol. The fourth-order valence-corrected chi connectivity index (χ4v) is 1.64. The normalized spacial score (nSPS) is 16.8. The summed E-state index contributed by atoms with van der Waals surface area (Å²) in [4.78, 5) is 20.8. The Hall–Kier alpha value is -2.38. The highest BCUT2D eigenvalue weighted by molar-refractivity contribution is 5.70. The monoisotopic (exact) mass is 271 g/mol. The van der Waals surface area contributed by atoms with Crippen LogP contribution >= 0.6 is 0 Å². The summed E-state index contributed by atoms with van der Waals surface area (Å²) >= 11 is 0. The third-order valence-corrected chi connectivity index (χ3v) is 2.55. The van der Waals surface area contributed by atoms with Gasteiger partial charge in [-0.15, -0.1) is 0 Å². The SMILES string of the molecule is COC(=O)CC1COc2cc(F)c([N+](=O)[O-])cc2O1. The van der Waals surface area contributed by atoms with Gasteiger partial charge in [-0.05, 0) is 0 Å². The van der Waals surface area contributed by atoms with Crippen LogP contribution in [0.25, 0.3) is 0 Å². The maximum Gasteiger partial charge on any atom is 0.309 e. The Kier molecular flexibility index (Phi) is 3.50. The summed E-state index contributed by atoms with van der Waals surface area (Å²) in [5, 5.41) is 10.6. The predicted octanol–water partition coefficient (Wildman–Crippen LogP) is 1.44. The lowest BCUT2D eigenvalue weighted by Gasteiger charge is -2.25. The van der Waals surface area contributed by atoms with E-state index in [9.17, 15) is 19.3 Å². The number of halogens is 1. The third-order valence-electron chi connectivity index (χ3n) is 2.55. The zero-order valence-electron chi connectivity index (χ0n) is 9.92. The second kappa shape index (κ2) is 5.09. The van der Waals surface area contributed by atoms with Gasteiger partial charge in [0.15, 0.2) is 11.5 Å². The van der Waals surface area contributed by atoms with E-state index in [1.54, 1.807) is 0 Å². The summed E-state index contributed by atoms with van der Waals surface area (Å²) in [5.41, 5.74) is -0.707. The van der Waals surface area contributed by atoms with E-state index < -0.39 is 28.5 Å². The van der Waals surface area contributed by atoms with Gasteiger partial charge in [0.25, 0.3) is 0 Å². The van der Waals surface area contributed by atoms with Crippen LogP contribution in [0.3, 0.4) is 0 Å². The molecule has 1 aliphatic heterocycles. The van der Waals surface area contributed by atoms with Crippen LogP contribution < -0.4 is 9.47 Å². The Balaban J connectivity index is 2.22. The maximum absolute atomic E-state index is 13.3. The molecule has 0 aromatic heterocycles. The molecule has 1 atom stereocenters. The first-order valence-corrected chi connectivity index (χ1v) is 5.35. The largest absolute Gasteiger partial charge is 0.486 e. The lowest BCUT2D eigenvalue weighted by Crippen LogP contribution is -2.31. The summed E-state index contributed by atoms with van der Waals surface area (Å²) in [5.74, 6) is -1.38. The lowest BCUT2D eigenvalue weighted by atomic mass is 10.2. The molecule has 8 heteroatoms. The maximum atomic E-state index is 13.3. The molecule has 1 heterocycles. The average Bonchev–Trinajstić information content (AvgIpc) is 2.37. The van der Waals surface area contributed by atoms with Crippen LogP contribution in [-0.2, 0) is 9.53 Å². The van der Waals surface area contributed by atoms with E-state index in [1.807, 2.05) is 0 Å². The quantitative estimate of drug-likeness (QED) is 0.469. The van der Waals surface area contributed by atoms with Gasteiger partial charge in [0, 0.05) is 6.07 Å². The zero-order chi connectivity index (χ0) is 14.0. The number of rotatable bonds is 3. The summed E-state index contributed by atoms with van der Waals surface area (Å²) in [6.45, 7) is 0.0410. The van der Waals surface area contributed by atoms with Crippen molar-refractivity contribution < 1.29 is 28.3 Å². The van der Waals surface area contributed by atoms with Crippen molar-refractivity contribution in [3.8, 4) is 11.5 Å². The number of carbonyl (C=O) groups is 1. The fraction of sp³-hybridized carbons (Fsp3) is 0.364. The van der Waals surface area contributed by atoms with Crippen molar-refractivity contribution >= 4 is 11.7 Å². The molecule has 0 radical (unpaired) electrons. The topological polar surface area (TPSA) is 87.9 Å². The Bertz CT molecular complexity index is 532.